The number of hydrogen-bond donors (Lipinski definition) is 1. The summed E-state index contributed by atoms with van der Waals surface area (Å²) in [4.78, 5) is 13.0. The second-order valence-corrected chi connectivity index (χ2v) is 7.21. The monoisotopic (exact) mass is 426 g/mol. The van der Waals surface area contributed by atoms with Crippen LogP contribution in [0.1, 0.15) is 17.5 Å². The van der Waals surface area contributed by atoms with Gasteiger partial charge in [0.15, 0.2) is 0 Å². The van der Waals surface area contributed by atoms with E-state index in [4.69, 9.17) is 5.26 Å². The van der Waals surface area contributed by atoms with Gasteiger partial charge in [0.05, 0.1) is 18.2 Å². The lowest BCUT2D eigenvalue weighted by atomic mass is 10.2. The predicted molar refractivity (Wildman–Crippen MR) is 102 cm³/mol. The smallest absolute Gasteiger partial charge is 0.330 e. The molecule has 0 aliphatic carbocycles. The third-order valence-electron chi connectivity index (χ3n) is 3.67. The Balaban J connectivity index is 1.77. The summed E-state index contributed by atoms with van der Waals surface area (Å²) in [6, 6.07) is 15.4. The molecule has 1 N–H and O–H groups in total. The summed E-state index contributed by atoms with van der Waals surface area (Å²) in [7, 11) is 0. The van der Waals surface area contributed by atoms with Crippen molar-refractivity contribution in [1.29, 1.82) is 5.26 Å². The topological polar surface area (TPSA) is 62.1 Å². The Morgan fingerprint density at radius 2 is 1.93 bits per heavy atom. The molecule has 0 saturated heterocycles. The van der Waals surface area contributed by atoms with E-state index in [1.807, 2.05) is 18.2 Å². The van der Waals surface area contributed by atoms with E-state index >= 15 is 0 Å². The standard InChI is InChI=1S/C20H18F4N2O2S/c21-19(22)20(23,24)13-28-12-15-2-1-3-16(10-15)26-18(27)8-9-29-17-6-4-14(11-25)5-7-17/h1-7,10,19H,8-9,12-13H2,(H,26,27). The van der Waals surface area contributed by atoms with Crippen LogP contribution in [0.4, 0.5) is 23.2 Å². The summed E-state index contributed by atoms with van der Waals surface area (Å²) in [6.07, 6.45) is -3.54. The fourth-order valence-corrected chi connectivity index (χ4v) is 3.07. The van der Waals surface area contributed by atoms with Gasteiger partial charge in [-0.15, -0.1) is 11.8 Å². The highest BCUT2D eigenvalue weighted by Crippen LogP contribution is 2.24. The molecule has 0 unspecified atom stereocenters. The number of rotatable bonds is 10. The maximum atomic E-state index is 12.8. The minimum Gasteiger partial charge on any atom is -0.370 e. The summed E-state index contributed by atoms with van der Waals surface area (Å²) in [5, 5.41) is 11.5. The van der Waals surface area contributed by atoms with Crippen LogP contribution in [-0.2, 0) is 16.1 Å². The van der Waals surface area contributed by atoms with E-state index in [9.17, 15) is 22.4 Å². The number of nitriles is 1. The lowest BCUT2D eigenvalue weighted by molar-refractivity contribution is -0.168. The number of carbonyl (C=O) groups excluding carboxylic acids is 1. The van der Waals surface area contributed by atoms with Crippen molar-refractivity contribution in [1.82, 2.24) is 0 Å². The highest BCUT2D eigenvalue weighted by atomic mass is 32.2. The van der Waals surface area contributed by atoms with Gasteiger partial charge in [0.1, 0.15) is 6.61 Å². The van der Waals surface area contributed by atoms with Crippen molar-refractivity contribution in [2.24, 2.45) is 0 Å². The Labute approximate surface area is 169 Å². The summed E-state index contributed by atoms with van der Waals surface area (Å²) in [5.41, 5.74) is 1.49. The quantitative estimate of drug-likeness (QED) is 0.424. The molecule has 0 aliphatic rings. The lowest BCUT2D eigenvalue weighted by Crippen LogP contribution is -2.32. The van der Waals surface area contributed by atoms with E-state index in [0.29, 0.717) is 22.6 Å². The van der Waals surface area contributed by atoms with Crippen molar-refractivity contribution < 1.29 is 27.1 Å². The first-order chi connectivity index (χ1) is 13.8. The van der Waals surface area contributed by atoms with Gasteiger partial charge in [0, 0.05) is 22.8 Å². The predicted octanol–water partition coefficient (Wildman–Crippen LogP) is 5.10. The van der Waals surface area contributed by atoms with Gasteiger partial charge in [0.25, 0.3) is 0 Å². The molecule has 9 heteroatoms. The van der Waals surface area contributed by atoms with Crippen LogP contribution < -0.4 is 5.32 Å². The number of benzene rings is 2. The molecule has 4 nitrogen and oxygen atoms in total. The molecule has 2 aromatic rings. The summed E-state index contributed by atoms with van der Waals surface area (Å²) >= 11 is 1.47. The van der Waals surface area contributed by atoms with Crippen LogP contribution >= 0.6 is 11.8 Å². The molecule has 2 aromatic carbocycles. The minimum absolute atomic E-state index is 0.228. The molecule has 0 atom stereocenters. The average Bonchev–Trinajstić information content (AvgIpc) is 2.68. The Morgan fingerprint density at radius 1 is 1.21 bits per heavy atom. The Hall–Kier alpha value is -2.57. The van der Waals surface area contributed by atoms with Crippen molar-refractivity contribution in [3.05, 3.63) is 59.7 Å². The van der Waals surface area contributed by atoms with Gasteiger partial charge in [0.2, 0.25) is 5.91 Å². The largest absolute Gasteiger partial charge is 0.370 e. The highest BCUT2D eigenvalue weighted by Gasteiger charge is 2.40. The molecule has 0 saturated carbocycles. The molecule has 0 aromatic heterocycles. The zero-order valence-corrected chi connectivity index (χ0v) is 16.0. The summed E-state index contributed by atoms with van der Waals surface area (Å²) < 4.78 is 54.5. The molecular weight excluding hydrogens is 408 g/mol. The van der Waals surface area contributed by atoms with Gasteiger partial charge in [-0.2, -0.15) is 14.0 Å². The Bertz CT molecular complexity index is 854. The van der Waals surface area contributed by atoms with Crippen LogP contribution in [0.3, 0.4) is 0 Å². The molecular formula is C20H18F4N2O2S. The Kier molecular flexibility index (Phi) is 8.49. The van der Waals surface area contributed by atoms with Crippen molar-refractivity contribution in [2.45, 2.75) is 30.3 Å². The van der Waals surface area contributed by atoms with Gasteiger partial charge in [-0.05, 0) is 42.0 Å². The van der Waals surface area contributed by atoms with E-state index < -0.39 is 19.0 Å². The van der Waals surface area contributed by atoms with Crippen molar-refractivity contribution >= 4 is 23.4 Å². The zero-order chi connectivity index (χ0) is 21.3. The van der Waals surface area contributed by atoms with E-state index in [2.05, 4.69) is 10.1 Å². The fraction of sp³-hybridized carbons (Fsp3) is 0.300. The van der Waals surface area contributed by atoms with Gasteiger partial charge in [-0.25, -0.2) is 8.78 Å². The van der Waals surface area contributed by atoms with E-state index in [-0.39, 0.29) is 18.9 Å². The van der Waals surface area contributed by atoms with Crippen LogP contribution in [0.25, 0.3) is 0 Å². The molecule has 29 heavy (non-hydrogen) atoms. The maximum absolute atomic E-state index is 12.8. The van der Waals surface area contributed by atoms with Crippen LogP contribution in [0.5, 0.6) is 0 Å². The molecule has 1 amide bonds. The van der Waals surface area contributed by atoms with Gasteiger partial charge >= 0.3 is 12.3 Å². The number of hydrogen-bond acceptors (Lipinski definition) is 4. The highest BCUT2D eigenvalue weighted by molar-refractivity contribution is 7.99. The first-order valence-corrected chi connectivity index (χ1v) is 9.54. The first-order valence-electron chi connectivity index (χ1n) is 8.55. The number of carbonyl (C=O) groups is 1. The maximum Gasteiger partial charge on any atom is 0.330 e. The van der Waals surface area contributed by atoms with Crippen molar-refractivity contribution in [3.63, 3.8) is 0 Å². The Morgan fingerprint density at radius 3 is 2.59 bits per heavy atom. The first kappa shape index (κ1) is 22.7. The number of alkyl halides is 4. The number of halogens is 4. The van der Waals surface area contributed by atoms with Gasteiger partial charge in [-0.3, -0.25) is 4.79 Å². The molecule has 0 radical (unpaired) electrons. The number of thioether (sulfide) groups is 1. The minimum atomic E-state index is -4.20. The molecule has 2 rings (SSSR count). The second-order valence-electron chi connectivity index (χ2n) is 6.04. The molecule has 0 spiro atoms. The average molecular weight is 426 g/mol. The van der Waals surface area contributed by atoms with Crippen molar-refractivity contribution in [3.8, 4) is 6.07 Å². The lowest BCUT2D eigenvalue weighted by Gasteiger charge is -2.15. The molecule has 0 heterocycles. The number of amides is 1. The molecule has 154 valence electrons. The molecule has 0 fully saturated rings. The normalized spacial score (nSPS) is 11.3. The fourth-order valence-electron chi connectivity index (χ4n) is 2.22. The SMILES string of the molecule is N#Cc1ccc(SCCC(=O)Nc2cccc(COCC(F)(F)C(F)F)c2)cc1. The van der Waals surface area contributed by atoms with Gasteiger partial charge in [-0.1, -0.05) is 12.1 Å². The van der Waals surface area contributed by atoms with Gasteiger partial charge < -0.3 is 10.1 Å². The summed E-state index contributed by atoms with van der Waals surface area (Å²) in [5.74, 6) is -3.89. The number of anilines is 1. The zero-order valence-electron chi connectivity index (χ0n) is 15.2. The number of nitrogens with zero attached hydrogens (tertiary/aromatic N) is 1. The van der Waals surface area contributed by atoms with Crippen LogP contribution in [0, 0.1) is 11.3 Å². The second kappa shape index (κ2) is 10.8. The van der Waals surface area contributed by atoms with Crippen LogP contribution in [0.2, 0.25) is 0 Å². The van der Waals surface area contributed by atoms with E-state index in [1.54, 1.807) is 30.3 Å². The third-order valence-corrected chi connectivity index (χ3v) is 4.69. The van der Waals surface area contributed by atoms with Crippen LogP contribution in [-0.4, -0.2) is 30.6 Å². The molecule has 0 aliphatic heterocycles. The van der Waals surface area contributed by atoms with E-state index in [0.717, 1.165) is 4.90 Å². The summed E-state index contributed by atoms with van der Waals surface area (Å²) in [6.45, 7) is -1.66. The van der Waals surface area contributed by atoms with E-state index in [1.165, 1.54) is 17.8 Å². The molecule has 0 bridgehead atoms. The third kappa shape index (κ3) is 7.75. The number of ether oxygens (including phenoxy) is 1. The number of nitrogens with one attached hydrogen (secondary N) is 1. The van der Waals surface area contributed by atoms with Crippen LogP contribution in [0.15, 0.2) is 53.4 Å². The van der Waals surface area contributed by atoms with Crippen molar-refractivity contribution in [2.75, 3.05) is 17.7 Å².